The van der Waals surface area contributed by atoms with E-state index in [-0.39, 0.29) is 5.97 Å². The third kappa shape index (κ3) is 4.23. The van der Waals surface area contributed by atoms with Crippen molar-refractivity contribution in [1.82, 2.24) is 0 Å². The van der Waals surface area contributed by atoms with Crippen molar-refractivity contribution >= 4 is 21.9 Å². The molecule has 0 aliphatic carbocycles. The molecule has 1 aromatic carbocycles. The normalized spacial score (nSPS) is 9.88. The number of halogens is 1. The van der Waals surface area contributed by atoms with Gasteiger partial charge in [-0.15, -0.1) is 0 Å². The Kier molecular flexibility index (Phi) is 5.93. The zero-order valence-electron chi connectivity index (χ0n) is 9.24. The van der Waals surface area contributed by atoms with Crippen LogP contribution < -0.4 is 4.74 Å². The third-order valence-electron chi connectivity index (χ3n) is 1.91. The Morgan fingerprint density at radius 3 is 2.56 bits per heavy atom. The van der Waals surface area contributed by atoms with Gasteiger partial charge < -0.3 is 9.47 Å². The van der Waals surface area contributed by atoms with Crippen molar-refractivity contribution in [3.63, 3.8) is 0 Å². The van der Waals surface area contributed by atoms with Crippen LogP contribution in [0.2, 0.25) is 0 Å². The number of benzene rings is 1. The number of carbonyl (C=O) groups is 1. The van der Waals surface area contributed by atoms with E-state index in [4.69, 9.17) is 9.47 Å². The van der Waals surface area contributed by atoms with Crippen LogP contribution in [0.15, 0.2) is 24.3 Å². The van der Waals surface area contributed by atoms with Gasteiger partial charge in [-0.2, -0.15) is 0 Å². The fraction of sp³-hybridized carbons (Fsp3) is 0.417. The second-order valence-electron chi connectivity index (χ2n) is 3.14. The molecular formula is C12H15BrO3. The molecule has 0 aliphatic rings. The minimum absolute atomic E-state index is 0.297. The van der Waals surface area contributed by atoms with Gasteiger partial charge >= 0.3 is 5.97 Å². The zero-order chi connectivity index (χ0) is 11.8. The molecule has 0 amide bonds. The second-order valence-corrected chi connectivity index (χ2v) is 3.93. The molecule has 0 atom stereocenters. The van der Waals surface area contributed by atoms with Crippen molar-refractivity contribution < 1.29 is 14.3 Å². The first-order chi connectivity index (χ1) is 7.77. The van der Waals surface area contributed by atoms with Gasteiger partial charge in [0.15, 0.2) is 0 Å². The largest absolute Gasteiger partial charge is 0.494 e. The van der Waals surface area contributed by atoms with Crippen LogP contribution in [0.25, 0.3) is 0 Å². The van der Waals surface area contributed by atoms with E-state index < -0.39 is 0 Å². The summed E-state index contributed by atoms with van der Waals surface area (Å²) < 4.78 is 10.3. The van der Waals surface area contributed by atoms with Crippen molar-refractivity contribution in [2.45, 2.75) is 13.3 Å². The van der Waals surface area contributed by atoms with Gasteiger partial charge in [0.2, 0.25) is 0 Å². The van der Waals surface area contributed by atoms with Gasteiger partial charge in [-0.1, -0.05) is 15.9 Å². The highest BCUT2D eigenvalue weighted by Gasteiger charge is 2.05. The third-order valence-corrected chi connectivity index (χ3v) is 2.47. The summed E-state index contributed by atoms with van der Waals surface area (Å²) in [6.07, 6.45) is 0.958. The van der Waals surface area contributed by atoms with Crippen molar-refractivity contribution in [1.29, 1.82) is 0 Å². The average molecular weight is 287 g/mol. The summed E-state index contributed by atoms with van der Waals surface area (Å²) in [4.78, 5) is 11.3. The van der Waals surface area contributed by atoms with Gasteiger partial charge in [-0.3, -0.25) is 0 Å². The molecule has 0 aliphatic heterocycles. The Bertz CT molecular complexity index is 322. The fourth-order valence-electron chi connectivity index (χ4n) is 1.15. The highest BCUT2D eigenvalue weighted by molar-refractivity contribution is 9.09. The topological polar surface area (TPSA) is 35.5 Å². The van der Waals surface area contributed by atoms with Gasteiger partial charge in [-0.25, -0.2) is 4.79 Å². The molecule has 0 heterocycles. The highest BCUT2D eigenvalue weighted by Crippen LogP contribution is 2.13. The molecule has 3 nitrogen and oxygen atoms in total. The lowest BCUT2D eigenvalue weighted by molar-refractivity contribution is 0.0526. The van der Waals surface area contributed by atoms with E-state index in [0.29, 0.717) is 18.8 Å². The molecule has 0 radical (unpaired) electrons. The van der Waals surface area contributed by atoms with E-state index in [0.717, 1.165) is 17.5 Å². The van der Waals surface area contributed by atoms with Gasteiger partial charge in [0.25, 0.3) is 0 Å². The lowest BCUT2D eigenvalue weighted by atomic mass is 10.2. The quantitative estimate of drug-likeness (QED) is 0.458. The molecule has 1 aromatic rings. The van der Waals surface area contributed by atoms with E-state index in [2.05, 4.69) is 15.9 Å². The summed E-state index contributed by atoms with van der Waals surface area (Å²) in [5.74, 6) is 0.475. The van der Waals surface area contributed by atoms with E-state index in [1.807, 2.05) is 0 Å². The van der Waals surface area contributed by atoms with Crippen LogP contribution in [0.1, 0.15) is 23.7 Å². The molecule has 0 bridgehead atoms. The number of ether oxygens (including phenoxy) is 2. The summed E-state index contributed by atoms with van der Waals surface area (Å²) in [5, 5.41) is 0.925. The zero-order valence-corrected chi connectivity index (χ0v) is 10.8. The highest BCUT2D eigenvalue weighted by atomic mass is 79.9. The molecule has 88 valence electrons. The monoisotopic (exact) mass is 286 g/mol. The Morgan fingerprint density at radius 2 is 2.00 bits per heavy atom. The van der Waals surface area contributed by atoms with E-state index in [9.17, 15) is 4.79 Å². The predicted octanol–water partition coefficient (Wildman–Crippen LogP) is 3.03. The minimum Gasteiger partial charge on any atom is -0.494 e. The van der Waals surface area contributed by atoms with Crippen LogP contribution in [0.4, 0.5) is 0 Å². The number of hydrogen-bond donors (Lipinski definition) is 0. The van der Waals surface area contributed by atoms with Crippen LogP contribution in [0.5, 0.6) is 5.75 Å². The van der Waals surface area contributed by atoms with E-state index in [1.165, 1.54) is 0 Å². The van der Waals surface area contributed by atoms with Gasteiger partial charge in [0.1, 0.15) is 5.75 Å². The number of alkyl halides is 1. The molecule has 0 saturated heterocycles. The van der Waals surface area contributed by atoms with Crippen LogP contribution in [0, 0.1) is 0 Å². The van der Waals surface area contributed by atoms with E-state index >= 15 is 0 Å². The lowest BCUT2D eigenvalue weighted by Crippen LogP contribution is -2.04. The number of esters is 1. The summed E-state index contributed by atoms with van der Waals surface area (Å²) >= 11 is 3.33. The fourth-order valence-corrected chi connectivity index (χ4v) is 1.38. The van der Waals surface area contributed by atoms with Crippen molar-refractivity contribution in [3.05, 3.63) is 29.8 Å². The van der Waals surface area contributed by atoms with E-state index in [1.54, 1.807) is 31.2 Å². The van der Waals surface area contributed by atoms with Gasteiger partial charge in [0.05, 0.1) is 18.8 Å². The smallest absolute Gasteiger partial charge is 0.338 e. The Balaban J connectivity index is 2.50. The second kappa shape index (κ2) is 7.28. The standard InChI is InChI=1S/C12H15BrO3/c1-2-15-12(14)10-4-6-11(7-5-10)16-9-3-8-13/h4-7H,2-3,8-9H2,1H3. The average Bonchev–Trinajstić information content (AvgIpc) is 2.30. The maximum Gasteiger partial charge on any atom is 0.338 e. The molecule has 0 unspecified atom stereocenters. The predicted molar refractivity (Wildman–Crippen MR) is 66.3 cm³/mol. The number of rotatable bonds is 6. The van der Waals surface area contributed by atoms with Crippen LogP contribution in [0.3, 0.4) is 0 Å². The molecule has 0 spiro atoms. The molecule has 16 heavy (non-hydrogen) atoms. The summed E-state index contributed by atoms with van der Waals surface area (Å²) in [6.45, 7) is 2.85. The summed E-state index contributed by atoms with van der Waals surface area (Å²) in [5.41, 5.74) is 0.551. The minimum atomic E-state index is -0.297. The molecule has 0 N–H and O–H groups in total. The maximum atomic E-state index is 11.3. The molecule has 4 heteroatoms. The lowest BCUT2D eigenvalue weighted by Gasteiger charge is -2.06. The first-order valence-corrected chi connectivity index (χ1v) is 6.36. The molecule has 1 rings (SSSR count). The number of carbonyl (C=O) groups excluding carboxylic acids is 1. The Labute approximate surface area is 104 Å². The Hall–Kier alpha value is -1.03. The summed E-state index contributed by atoms with van der Waals surface area (Å²) in [7, 11) is 0. The van der Waals surface area contributed by atoms with Crippen molar-refractivity contribution in [2.24, 2.45) is 0 Å². The van der Waals surface area contributed by atoms with Crippen LogP contribution in [-0.2, 0) is 4.74 Å². The van der Waals surface area contributed by atoms with Crippen molar-refractivity contribution in [2.75, 3.05) is 18.5 Å². The number of hydrogen-bond acceptors (Lipinski definition) is 3. The Morgan fingerprint density at radius 1 is 1.31 bits per heavy atom. The first kappa shape index (κ1) is 13.0. The van der Waals surface area contributed by atoms with Crippen molar-refractivity contribution in [3.8, 4) is 5.75 Å². The molecule has 0 saturated carbocycles. The summed E-state index contributed by atoms with van der Waals surface area (Å²) in [6, 6.07) is 6.98. The molecule has 0 fully saturated rings. The van der Waals surface area contributed by atoms with Crippen LogP contribution in [-0.4, -0.2) is 24.5 Å². The molecule has 0 aromatic heterocycles. The maximum absolute atomic E-state index is 11.3. The van der Waals surface area contributed by atoms with Gasteiger partial charge in [-0.05, 0) is 37.6 Å². The van der Waals surface area contributed by atoms with Gasteiger partial charge in [0, 0.05) is 5.33 Å². The SMILES string of the molecule is CCOC(=O)c1ccc(OCCCBr)cc1. The first-order valence-electron chi connectivity index (χ1n) is 5.24. The molecular weight excluding hydrogens is 272 g/mol. The van der Waals surface area contributed by atoms with Crippen LogP contribution >= 0.6 is 15.9 Å².